The third-order valence-corrected chi connectivity index (χ3v) is 2.79. The van der Waals surface area contributed by atoms with Crippen molar-refractivity contribution >= 4 is 6.09 Å². The summed E-state index contributed by atoms with van der Waals surface area (Å²) < 4.78 is 48.8. The summed E-state index contributed by atoms with van der Waals surface area (Å²) in [6, 6.07) is 5.05. The molecule has 1 aromatic carbocycles. The maximum atomic E-state index is 12.8. The van der Waals surface area contributed by atoms with Crippen LogP contribution in [0.2, 0.25) is 0 Å². The van der Waals surface area contributed by atoms with Crippen LogP contribution in [0.4, 0.5) is 18.0 Å². The lowest BCUT2D eigenvalue weighted by Gasteiger charge is -2.24. The molecule has 0 aromatic heterocycles. The van der Waals surface area contributed by atoms with Crippen LogP contribution < -0.4 is 4.74 Å². The lowest BCUT2D eigenvalue weighted by molar-refractivity contribution is -0.138. The zero-order valence-corrected chi connectivity index (χ0v) is 13.7. The van der Waals surface area contributed by atoms with Crippen LogP contribution in [-0.2, 0) is 10.9 Å². The molecule has 1 rings (SSSR count). The quantitative estimate of drug-likeness (QED) is 0.752. The second kappa shape index (κ2) is 7.57. The molecule has 0 aliphatic rings. The number of hydrogen-bond acceptors (Lipinski definition) is 3. The molecule has 1 aromatic rings. The van der Waals surface area contributed by atoms with Crippen molar-refractivity contribution in [3.05, 3.63) is 29.8 Å². The van der Waals surface area contributed by atoms with E-state index >= 15 is 0 Å². The van der Waals surface area contributed by atoms with Crippen molar-refractivity contribution in [2.75, 3.05) is 20.2 Å². The fourth-order valence-electron chi connectivity index (χ4n) is 1.74. The van der Waals surface area contributed by atoms with Gasteiger partial charge in [-0.15, -0.1) is 0 Å². The number of amides is 1. The summed E-state index contributed by atoms with van der Waals surface area (Å²) in [6.45, 7) is 5.67. The molecule has 0 saturated heterocycles. The molecule has 0 fully saturated rings. The second-order valence-electron chi connectivity index (χ2n) is 6.10. The molecule has 0 atom stereocenters. The average molecular weight is 333 g/mol. The molecule has 0 aliphatic carbocycles. The first kappa shape index (κ1) is 19.1. The number of para-hydroxylation sites is 1. The van der Waals surface area contributed by atoms with E-state index in [1.54, 1.807) is 27.8 Å². The van der Waals surface area contributed by atoms with Gasteiger partial charge in [-0.2, -0.15) is 13.2 Å². The summed E-state index contributed by atoms with van der Waals surface area (Å²) in [7, 11) is 1.57. The van der Waals surface area contributed by atoms with E-state index < -0.39 is 23.4 Å². The summed E-state index contributed by atoms with van der Waals surface area (Å²) >= 11 is 0. The highest BCUT2D eigenvalue weighted by molar-refractivity contribution is 5.67. The number of rotatable bonds is 5. The van der Waals surface area contributed by atoms with E-state index in [4.69, 9.17) is 9.47 Å². The van der Waals surface area contributed by atoms with Crippen molar-refractivity contribution in [3.8, 4) is 5.75 Å². The summed E-state index contributed by atoms with van der Waals surface area (Å²) in [5.41, 5.74) is -1.39. The number of ether oxygens (including phenoxy) is 2. The lowest BCUT2D eigenvalue weighted by atomic mass is 10.2. The Balaban J connectivity index is 2.46. The molecule has 0 spiro atoms. The van der Waals surface area contributed by atoms with Crippen LogP contribution in [0.1, 0.15) is 32.8 Å². The van der Waals surface area contributed by atoms with E-state index in [0.717, 1.165) is 6.07 Å². The van der Waals surface area contributed by atoms with E-state index in [9.17, 15) is 18.0 Å². The molecule has 0 radical (unpaired) electrons. The molecule has 23 heavy (non-hydrogen) atoms. The first-order valence-corrected chi connectivity index (χ1v) is 7.24. The number of hydrogen-bond donors (Lipinski definition) is 0. The number of halogens is 3. The average Bonchev–Trinajstić information content (AvgIpc) is 2.40. The van der Waals surface area contributed by atoms with Gasteiger partial charge < -0.3 is 14.4 Å². The van der Waals surface area contributed by atoms with Gasteiger partial charge in [0.05, 0.1) is 12.2 Å². The van der Waals surface area contributed by atoms with Crippen LogP contribution in [0.25, 0.3) is 0 Å². The van der Waals surface area contributed by atoms with E-state index in [0.29, 0.717) is 13.0 Å². The van der Waals surface area contributed by atoms with Crippen molar-refractivity contribution in [3.63, 3.8) is 0 Å². The number of benzene rings is 1. The molecule has 130 valence electrons. The van der Waals surface area contributed by atoms with Gasteiger partial charge in [-0.3, -0.25) is 0 Å². The van der Waals surface area contributed by atoms with E-state index in [2.05, 4.69) is 0 Å². The number of alkyl halides is 3. The summed E-state index contributed by atoms with van der Waals surface area (Å²) in [5.74, 6) is -0.208. The van der Waals surface area contributed by atoms with Crippen molar-refractivity contribution in [2.45, 2.75) is 39.0 Å². The van der Waals surface area contributed by atoms with Crippen molar-refractivity contribution in [1.82, 2.24) is 4.90 Å². The van der Waals surface area contributed by atoms with Crippen LogP contribution in [0.15, 0.2) is 24.3 Å². The molecule has 0 aliphatic heterocycles. The Morgan fingerprint density at radius 2 is 1.78 bits per heavy atom. The Hall–Kier alpha value is -1.92. The van der Waals surface area contributed by atoms with Crippen molar-refractivity contribution in [2.24, 2.45) is 0 Å². The standard InChI is InChI=1S/C16H22F3NO3/c1-15(2,3)23-14(21)20(4)10-7-11-22-13-9-6-5-8-12(13)16(17,18)19/h5-6,8-9H,7,10-11H2,1-4H3. The van der Waals surface area contributed by atoms with Gasteiger partial charge in [0, 0.05) is 13.6 Å². The number of carbonyl (C=O) groups excluding carboxylic acids is 1. The Morgan fingerprint density at radius 3 is 2.35 bits per heavy atom. The van der Waals surface area contributed by atoms with E-state index in [-0.39, 0.29) is 12.4 Å². The SMILES string of the molecule is CN(CCCOc1ccccc1C(F)(F)F)C(=O)OC(C)(C)C. The number of nitrogens with zero attached hydrogens (tertiary/aromatic N) is 1. The Bertz CT molecular complexity index is 524. The topological polar surface area (TPSA) is 38.8 Å². The fourth-order valence-corrected chi connectivity index (χ4v) is 1.74. The molecular weight excluding hydrogens is 311 g/mol. The van der Waals surface area contributed by atoms with Crippen molar-refractivity contribution < 1.29 is 27.4 Å². The zero-order chi connectivity index (χ0) is 17.7. The number of carbonyl (C=O) groups is 1. The van der Waals surface area contributed by atoms with Crippen LogP contribution in [0, 0.1) is 0 Å². The monoisotopic (exact) mass is 333 g/mol. The summed E-state index contributed by atoms with van der Waals surface area (Å²) in [6.07, 6.45) is -4.54. The summed E-state index contributed by atoms with van der Waals surface area (Å²) in [5, 5.41) is 0. The predicted octanol–water partition coefficient (Wildman–Crippen LogP) is 4.34. The normalized spacial score (nSPS) is 12.0. The van der Waals surface area contributed by atoms with Gasteiger partial charge in [-0.05, 0) is 39.3 Å². The zero-order valence-electron chi connectivity index (χ0n) is 13.7. The van der Waals surface area contributed by atoms with Crippen molar-refractivity contribution in [1.29, 1.82) is 0 Å². The van der Waals surface area contributed by atoms with Crippen LogP contribution >= 0.6 is 0 Å². The molecule has 0 N–H and O–H groups in total. The maximum Gasteiger partial charge on any atom is 0.419 e. The Morgan fingerprint density at radius 1 is 1.17 bits per heavy atom. The molecule has 4 nitrogen and oxygen atoms in total. The first-order chi connectivity index (χ1) is 10.5. The molecule has 7 heteroatoms. The molecule has 0 saturated carbocycles. The van der Waals surface area contributed by atoms with Gasteiger partial charge in [0.2, 0.25) is 0 Å². The highest BCUT2D eigenvalue weighted by Crippen LogP contribution is 2.35. The lowest BCUT2D eigenvalue weighted by Crippen LogP contribution is -2.35. The van der Waals surface area contributed by atoms with Gasteiger partial charge in [0.1, 0.15) is 11.4 Å². The smallest absolute Gasteiger partial charge is 0.419 e. The highest BCUT2D eigenvalue weighted by Gasteiger charge is 2.33. The molecule has 1 amide bonds. The van der Waals surface area contributed by atoms with E-state index in [1.807, 2.05) is 0 Å². The minimum Gasteiger partial charge on any atom is -0.493 e. The Kier molecular flexibility index (Phi) is 6.29. The van der Waals surface area contributed by atoms with Gasteiger partial charge >= 0.3 is 12.3 Å². The highest BCUT2D eigenvalue weighted by atomic mass is 19.4. The largest absolute Gasteiger partial charge is 0.493 e. The van der Waals surface area contributed by atoms with Gasteiger partial charge in [0.25, 0.3) is 0 Å². The van der Waals surface area contributed by atoms with Crippen LogP contribution in [-0.4, -0.2) is 36.8 Å². The van der Waals surface area contributed by atoms with Crippen LogP contribution in [0.5, 0.6) is 5.75 Å². The maximum absolute atomic E-state index is 12.8. The molecule has 0 unspecified atom stereocenters. The van der Waals surface area contributed by atoms with Gasteiger partial charge in [-0.25, -0.2) is 4.79 Å². The molecular formula is C16H22F3NO3. The first-order valence-electron chi connectivity index (χ1n) is 7.24. The third-order valence-electron chi connectivity index (χ3n) is 2.79. The molecule has 0 bridgehead atoms. The third kappa shape index (κ3) is 6.80. The minimum absolute atomic E-state index is 0.0697. The minimum atomic E-state index is -4.45. The molecule has 0 heterocycles. The Labute approximate surface area is 134 Å². The second-order valence-corrected chi connectivity index (χ2v) is 6.10. The summed E-state index contributed by atoms with van der Waals surface area (Å²) in [4.78, 5) is 13.1. The fraction of sp³-hybridized carbons (Fsp3) is 0.562. The van der Waals surface area contributed by atoms with Gasteiger partial charge in [-0.1, -0.05) is 12.1 Å². The predicted molar refractivity (Wildman–Crippen MR) is 80.4 cm³/mol. The van der Waals surface area contributed by atoms with E-state index in [1.165, 1.54) is 23.1 Å². The van der Waals surface area contributed by atoms with Gasteiger partial charge in [0.15, 0.2) is 0 Å². The van der Waals surface area contributed by atoms with Crippen LogP contribution in [0.3, 0.4) is 0 Å².